The highest BCUT2D eigenvalue weighted by atomic mass is 16.5. The van der Waals surface area contributed by atoms with Crippen molar-refractivity contribution in [3.63, 3.8) is 0 Å². The molecule has 1 fully saturated rings. The van der Waals surface area contributed by atoms with E-state index in [4.69, 9.17) is 10.5 Å². The Morgan fingerprint density at radius 3 is 2.59 bits per heavy atom. The molecule has 2 aromatic heterocycles. The van der Waals surface area contributed by atoms with Crippen LogP contribution < -0.4 is 10.5 Å². The maximum absolute atomic E-state index is 11.2. The molecule has 5 rings (SSSR count). The van der Waals surface area contributed by atoms with Crippen LogP contribution in [0, 0.1) is 23.7 Å². The number of phenols is 1. The number of nitrogens with zero attached hydrogens (tertiary/aromatic N) is 1. The molecule has 0 amide bonds. The molecular formula is C40H55N3O6. The number of nitrogens with one attached hydrogen (secondary N) is 1. The molecule has 0 bridgehead atoms. The molecular weight excluding hydrogens is 618 g/mol. The van der Waals surface area contributed by atoms with E-state index in [2.05, 4.69) is 34.8 Å². The van der Waals surface area contributed by atoms with Gasteiger partial charge in [0, 0.05) is 41.8 Å². The van der Waals surface area contributed by atoms with E-state index in [9.17, 15) is 25.5 Å². The van der Waals surface area contributed by atoms with Crippen LogP contribution >= 0.6 is 0 Å². The summed E-state index contributed by atoms with van der Waals surface area (Å²) in [5.74, 6) is 7.04. The van der Waals surface area contributed by atoms with Crippen LogP contribution in [0.4, 0.5) is 5.82 Å². The van der Waals surface area contributed by atoms with Gasteiger partial charge in [0.05, 0.1) is 18.8 Å². The van der Waals surface area contributed by atoms with Crippen LogP contribution in [0.5, 0.6) is 11.5 Å². The number of aromatic hydroxyl groups is 1. The average Bonchev–Trinajstić information content (AvgIpc) is 3.83. The van der Waals surface area contributed by atoms with Gasteiger partial charge in [0.2, 0.25) is 0 Å². The second-order valence-electron chi connectivity index (χ2n) is 14.2. The molecule has 7 atom stereocenters. The zero-order valence-corrected chi connectivity index (χ0v) is 28.8. The molecule has 7 unspecified atom stereocenters. The smallest absolute Gasteiger partial charge is 0.161 e. The fourth-order valence-electron chi connectivity index (χ4n) is 8.13. The van der Waals surface area contributed by atoms with Crippen LogP contribution in [0.15, 0.2) is 54.9 Å². The molecule has 1 saturated carbocycles. The van der Waals surface area contributed by atoms with E-state index in [0.29, 0.717) is 43.8 Å². The normalized spacial score (nSPS) is 23.5. The number of H-pyrrole nitrogens is 1. The van der Waals surface area contributed by atoms with Gasteiger partial charge in [-0.05, 0) is 105 Å². The number of phenolic OH excluding ortho intramolecular Hbond substituents is 1. The van der Waals surface area contributed by atoms with Crippen molar-refractivity contribution in [2.75, 3.05) is 12.3 Å². The average molecular weight is 674 g/mol. The Hall–Kier alpha value is -3.55. The molecule has 1 aromatic carbocycles. The molecule has 0 saturated heterocycles. The molecule has 8 N–H and O–H groups in total. The lowest BCUT2D eigenvalue weighted by molar-refractivity contribution is -0.0123. The zero-order chi connectivity index (χ0) is 34.8. The topological polar surface area (TPSA) is 165 Å². The van der Waals surface area contributed by atoms with Crippen molar-refractivity contribution in [2.45, 2.75) is 126 Å². The first kappa shape index (κ1) is 36.7. The number of hydrogen-bond donors (Lipinski definition) is 7. The summed E-state index contributed by atoms with van der Waals surface area (Å²) < 4.78 is 6.42. The van der Waals surface area contributed by atoms with Crippen molar-refractivity contribution < 1.29 is 30.3 Å². The van der Waals surface area contributed by atoms with Gasteiger partial charge in [0.15, 0.2) is 11.5 Å². The van der Waals surface area contributed by atoms with Crippen LogP contribution in [0.3, 0.4) is 0 Å². The lowest BCUT2D eigenvalue weighted by Gasteiger charge is -2.40. The third kappa shape index (κ3) is 9.17. The van der Waals surface area contributed by atoms with Crippen molar-refractivity contribution in [1.82, 2.24) is 9.97 Å². The highest BCUT2D eigenvalue weighted by molar-refractivity contribution is 5.43. The number of aromatic amines is 1. The molecule has 2 heterocycles. The highest BCUT2D eigenvalue weighted by Gasteiger charge is 2.46. The summed E-state index contributed by atoms with van der Waals surface area (Å²) in [6.07, 6.45) is 10.6. The van der Waals surface area contributed by atoms with Crippen molar-refractivity contribution in [1.29, 1.82) is 0 Å². The van der Waals surface area contributed by atoms with E-state index in [1.165, 1.54) is 0 Å². The highest BCUT2D eigenvalue weighted by Crippen LogP contribution is 2.52. The first-order valence-electron chi connectivity index (χ1n) is 18.2. The number of rotatable bonds is 14. The molecule has 2 aliphatic rings. The van der Waals surface area contributed by atoms with E-state index >= 15 is 0 Å². The second kappa shape index (κ2) is 17.4. The quantitative estimate of drug-likeness (QED) is 0.106. The number of benzene rings is 1. The van der Waals surface area contributed by atoms with Gasteiger partial charge >= 0.3 is 0 Å². The van der Waals surface area contributed by atoms with E-state index in [-0.39, 0.29) is 28.7 Å². The largest absolute Gasteiger partial charge is 0.504 e. The molecule has 9 nitrogen and oxygen atoms in total. The first-order valence-corrected chi connectivity index (χ1v) is 18.2. The summed E-state index contributed by atoms with van der Waals surface area (Å²) in [6, 6.07) is 13.0. The number of aromatic nitrogens is 2. The third-order valence-electron chi connectivity index (χ3n) is 11.0. The SMILES string of the molecule is CCC1C#CCC(C(O)CCc2ccc(O)c(OC(CC(c3ccnc(N)c3)C3(c4ccc[nH]4)CCCC3)C(O)CO)c2)C(O)CCCC1. The van der Waals surface area contributed by atoms with Crippen molar-refractivity contribution in [2.24, 2.45) is 11.8 Å². The number of nitrogen functional groups attached to an aromatic ring is 1. The minimum atomic E-state index is -1.21. The van der Waals surface area contributed by atoms with E-state index in [0.717, 1.165) is 68.2 Å². The number of anilines is 1. The van der Waals surface area contributed by atoms with Gasteiger partial charge in [-0.15, -0.1) is 5.92 Å². The zero-order valence-electron chi connectivity index (χ0n) is 28.8. The predicted octanol–water partition coefficient (Wildman–Crippen LogP) is 5.75. The Bertz CT molecular complexity index is 1510. The van der Waals surface area contributed by atoms with Gasteiger partial charge in [-0.25, -0.2) is 4.98 Å². The maximum atomic E-state index is 11.2. The summed E-state index contributed by atoms with van der Waals surface area (Å²) in [7, 11) is 0. The van der Waals surface area contributed by atoms with E-state index in [1.807, 2.05) is 24.4 Å². The summed E-state index contributed by atoms with van der Waals surface area (Å²) in [6.45, 7) is 1.64. The molecule has 0 spiro atoms. The summed E-state index contributed by atoms with van der Waals surface area (Å²) >= 11 is 0. The summed E-state index contributed by atoms with van der Waals surface area (Å²) in [4.78, 5) is 7.67. The predicted molar refractivity (Wildman–Crippen MR) is 191 cm³/mol. The van der Waals surface area contributed by atoms with Gasteiger partial charge in [0.1, 0.15) is 18.0 Å². The lowest BCUT2D eigenvalue weighted by Crippen LogP contribution is -2.41. The minimum absolute atomic E-state index is 0.0763. The molecule has 3 aromatic rings. The van der Waals surface area contributed by atoms with Crippen molar-refractivity contribution in [3.05, 3.63) is 71.7 Å². The fourth-order valence-corrected chi connectivity index (χ4v) is 8.13. The van der Waals surface area contributed by atoms with Crippen molar-refractivity contribution in [3.8, 4) is 23.3 Å². The first-order chi connectivity index (χ1) is 23.7. The molecule has 266 valence electrons. The monoisotopic (exact) mass is 673 g/mol. The Morgan fingerprint density at radius 2 is 1.88 bits per heavy atom. The third-order valence-corrected chi connectivity index (χ3v) is 11.0. The van der Waals surface area contributed by atoms with Gasteiger partial charge < -0.3 is 41.0 Å². The maximum Gasteiger partial charge on any atom is 0.161 e. The number of nitrogens with two attached hydrogens (primary N) is 1. The fraction of sp³-hybridized carbons (Fsp3) is 0.575. The number of aryl methyl sites for hydroxylation is 1. The van der Waals surface area contributed by atoms with Crippen LogP contribution in [0.2, 0.25) is 0 Å². The van der Waals surface area contributed by atoms with Gasteiger partial charge in [-0.1, -0.05) is 44.6 Å². The Kier molecular flexibility index (Phi) is 13.0. The molecule has 2 aliphatic carbocycles. The van der Waals surface area contributed by atoms with Gasteiger partial charge in [-0.3, -0.25) is 0 Å². The number of ether oxygens (including phenoxy) is 1. The van der Waals surface area contributed by atoms with Crippen LogP contribution in [-0.4, -0.2) is 66.5 Å². The van der Waals surface area contributed by atoms with Crippen LogP contribution in [0.1, 0.15) is 107 Å². The molecule has 49 heavy (non-hydrogen) atoms. The van der Waals surface area contributed by atoms with Gasteiger partial charge in [-0.2, -0.15) is 0 Å². The second-order valence-corrected chi connectivity index (χ2v) is 14.2. The Morgan fingerprint density at radius 1 is 1.08 bits per heavy atom. The van der Waals surface area contributed by atoms with Gasteiger partial charge in [0.25, 0.3) is 0 Å². The summed E-state index contributed by atoms with van der Waals surface area (Å²) in [5.41, 5.74) is 8.83. The number of aliphatic hydroxyl groups excluding tert-OH is 4. The van der Waals surface area contributed by atoms with Crippen molar-refractivity contribution >= 4 is 5.82 Å². The Labute approximate surface area is 291 Å². The number of hydrogen-bond acceptors (Lipinski definition) is 8. The summed E-state index contributed by atoms with van der Waals surface area (Å²) in [5, 5.41) is 54.3. The number of aliphatic hydroxyl groups is 4. The molecule has 9 heteroatoms. The minimum Gasteiger partial charge on any atom is -0.504 e. The lowest BCUT2D eigenvalue weighted by atomic mass is 9.66. The van der Waals surface area contributed by atoms with E-state index in [1.54, 1.807) is 24.4 Å². The van der Waals surface area contributed by atoms with E-state index < -0.39 is 31.0 Å². The van der Waals surface area contributed by atoms with Crippen LogP contribution in [-0.2, 0) is 11.8 Å². The van der Waals surface area contributed by atoms with Crippen LogP contribution in [0.25, 0.3) is 0 Å². The standard InChI is InChI=1S/C40H55N3O6/c1-2-27-9-3-4-12-32(45)30(11-7-10-27)33(46)16-14-28-15-17-34(47)36(23-28)49-37(35(48)26-44)25-31(29-18-22-43-39(41)24-29)40(19-5-6-20-40)38-13-8-21-42-38/h8,13,15,17-18,21-24,27,30-33,35,37,42,44-48H,2-6,9,11-12,14,16,19-20,25-26H2,1H3,(H2,41,43). The molecule has 0 aliphatic heterocycles. The Balaban J connectivity index is 1.36. The molecule has 0 radical (unpaired) electrons. The number of pyridine rings is 1.